The van der Waals surface area contributed by atoms with E-state index in [1.165, 1.54) is 122 Å². The van der Waals surface area contributed by atoms with Gasteiger partial charge in [0.25, 0.3) is 11.8 Å². The van der Waals surface area contributed by atoms with E-state index in [1.807, 2.05) is 0 Å². The van der Waals surface area contributed by atoms with Crippen LogP contribution < -0.4 is 109 Å². The predicted molar refractivity (Wildman–Crippen MR) is 492 cm³/mol. The van der Waals surface area contributed by atoms with E-state index in [2.05, 4.69) is 73.8 Å². The Balaban J connectivity index is 1.26. The molecule has 0 aliphatic rings. The Morgan fingerprint density at radius 2 is 0.576 bits per heavy atom. The summed E-state index contributed by atoms with van der Waals surface area (Å²) in [7, 11) is -3.43. The van der Waals surface area contributed by atoms with Crippen molar-refractivity contribution in [1.29, 1.82) is 0 Å². The number of hydrogen-bond donors (Lipinski definition) is 27. The normalized spacial score (nSPS) is 13.6. The van der Waals surface area contributed by atoms with Crippen LogP contribution in [0.5, 0.6) is 17.2 Å². The van der Waals surface area contributed by atoms with Gasteiger partial charge >= 0.3 is 20.2 Å². The monoisotopic (exact) mass is 1840 g/mol. The molecule has 11 atom stereocenters. The lowest BCUT2D eigenvalue weighted by Crippen LogP contribution is -2.60. The van der Waals surface area contributed by atoms with Crippen molar-refractivity contribution in [3.8, 4) is 17.2 Å². The van der Waals surface area contributed by atoms with E-state index < -0.39 is 158 Å². The van der Waals surface area contributed by atoms with Crippen molar-refractivity contribution in [1.82, 2.24) is 73.8 Å². The Hall–Kier alpha value is -12.5. The van der Waals surface area contributed by atoms with Gasteiger partial charge in [-0.15, -0.1) is 0 Å². The summed E-state index contributed by atoms with van der Waals surface area (Å²) in [5.74, 6) is -10.9. The zero-order valence-electron chi connectivity index (χ0n) is 74.1. The standard InChI is InChI=1S/C89H130B2N20O21/c92-42-8-1-17-68(103-86(124)73(49-55-22-36-63(112)37-23-55)108-79(117)66(96)15-5-12-46-99-77(115)58-28-32-60(33-29-58)90(129)130)81(119)101-48-14-7-21-72(105-82(120)69(18-2-9-43-93)106-87(125)74(50-56-24-38-64(113)39-25-56)109-80(118)67(97)16-6-13-47-100-78(116)59-30-34-61(35-31-59)91(131)132)84(122)110-75(52-62-53-98-54-102-62)88(126)107-70(19-3-10-44-94)83(121)104-71(20-4-11-45-95)85(123)111-76(89(127)128)51-57-26-40-65(114)41-27-57/h22-41,53-54,66-76,112-114,129-132H,1-21,42-52,92-97H2,(H,98,102)(H,99,115)(H,100,116)(H,101,119)(H,103,124)(H,104,121)(H,105,120)(H,106,125)(H,107,126)(H,108,117)(H,109,118)(H,110,122)(H,111,123)(H,127,128)/t66-,67-,68-,69-,70-,71-,72-,73-,74-,75-,76-/m0/s1. The number of carboxylic acid groups (broad SMARTS) is 1. The van der Waals surface area contributed by atoms with Crippen LogP contribution >= 0.6 is 0 Å². The van der Waals surface area contributed by atoms with Crippen LogP contribution in [0.15, 0.2) is 134 Å². The fourth-order valence-corrected chi connectivity index (χ4v) is 14.1. The number of phenols is 3. The molecule has 0 fully saturated rings. The number of aromatic nitrogens is 2. The lowest BCUT2D eigenvalue weighted by Gasteiger charge is -2.28. The van der Waals surface area contributed by atoms with Crippen molar-refractivity contribution in [3.63, 3.8) is 0 Å². The minimum atomic E-state index is -1.72. The second-order valence-electron chi connectivity index (χ2n) is 32.4. The summed E-state index contributed by atoms with van der Waals surface area (Å²) in [6, 6.07) is 13.3. The number of imidazole rings is 1. The van der Waals surface area contributed by atoms with Crippen LogP contribution in [0.4, 0.5) is 0 Å². The molecule has 132 heavy (non-hydrogen) atoms. The largest absolute Gasteiger partial charge is 0.508 e. The van der Waals surface area contributed by atoms with Gasteiger partial charge in [-0.3, -0.25) is 57.5 Å². The van der Waals surface area contributed by atoms with Crippen LogP contribution in [0.2, 0.25) is 0 Å². The number of carbonyl (C=O) groups is 13. The van der Waals surface area contributed by atoms with Crippen molar-refractivity contribution >= 4 is 102 Å². The molecule has 41 nitrogen and oxygen atoms in total. The fraction of sp³-hybridized carbons (Fsp3) is 0.483. The highest BCUT2D eigenvalue weighted by atomic mass is 16.4. The Morgan fingerprint density at radius 3 is 0.879 bits per heavy atom. The quantitative estimate of drug-likeness (QED) is 0.0129. The summed E-state index contributed by atoms with van der Waals surface area (Å²) in [6.07, 6.45) is 5.91. The van der Waals surface area contributed by atoms with E-state index in [4.69, 9.17) is 34.4 Å². The molecular weight excluding hydrogens is 1710 g/mol. The van der Waals surface area contributed by atoms with Crippen LogP contribution in [0.3, 0.4) is 0 Å². The molecule has 0 radical (unpaired) electrons. The zero-order chi connectivity index (χ0) is 96.4. The van der Waals surface area contributed by atoms with Crippen LogP contribution in [0.1, 0.15) is 178 Å². The summed E-state index contributed by atoms with van der Waals surface area (Å²) in [5.41, 5.74) is 39.1. The second kappa shape index (κ2) is 59.1. The van der Waals surface area contributed by atoms with Gasteiger partial charge in [-0.05, 0) is 249 Å². The van der Waals surface area contributed by atoms with Gasteiger partial charge < -0.3 is 144 Å². The summed E-state index contributed by atoms with van der Waals surface area (Å²) in [6.45, 7) is 1.04. The number of H-pyrrole nitrogens is 1. The van der Waals surface area contributed by atoms with Crippen LogP contribution in [-0.2, 0) is 78.4 Å². The first-order chi connectivity index (χ1) is 63.3. The number of unbranched alkanes of at least 4 members (excludes halogenated alkanes) is 7. The molecule has 0 unspecified atom stereocenters. The van der Waals surface area contributed by atoms with Crippen LogP contribution in [0.25, 0.3) is 0 Å². The van der Waals surface area contributed by atoms with Crippen LogP contribution in [0, 0.1) is 0 Å². The molecule has 718 valence electrons. The highest BCUT2D eigenvalue weighted by molar-refractivity contribution is 6.59. The van der Waals surface area contributed by atoms with Crippen molar-refractivity contribution in [2.75, 3.05) is 45.8 Å². The number of aliphatic carboxylic acids is 1. The SMILES string of the molecule is NCCCC[C@H](NC(=O)[C@H](Cc1ccc(O)cc1)NC(=O)[C@@H](N)CCCCNC(=O)c1ccc(B(O)O)cc1)C(=O)NCCCC[C@H](NC(=O)[C@H](CCCCN)NC(=O)[C@H](Cc1ccc(O)cc1)NC(=O)[C@@H](N)CCCCNC(=O)c1ccc(B(O)O)cc1)C(=O)N[C@@H](Cc1cnc[nH]1)C(=O)N[C@@H](CCCCN)C(=O)N[C@@H](CCCCN)C(=O)N[C@@H](Cc1ccc(O)cc1)C(=O)O. The highest BCUT2D eigenvalue weighted by Gasteiger charge is 2.37. The molecule has 0 aliphatic carbocycles. The topological polar surface area (TPSA) is 713 Å². The van der Waals surface area contributed by atoms with Gasteiger partial charge in [0.15, 0.2) is 0 Å². The third kappa shape index (κ3) is 39.7. The Labute approximate surface area is 766 Å². The molecule has 6 rings (SSSR count). The Bertz CT molecular complexity index is 4590. The van der Waals surface area contributed by atoms with Gasteiger partial charge in [0, 0.05) is 68.3 Å². The maximum Gasteiger partial charge on any atom is 0.488 e. The van der Waals surface area contributed by atoms with Gasteiger partial charge in [-0.25, -0.2) is 9.78 Å². The number of carbonyl (C=O) groups excluding carboxylic acids is 12. The first kappa shape index (κ1) is 108. The number of aromatic amines is 1. The van der Waals surface area contributed by atoms with Gasteiger partial charge in [0.05, 0.1) is 18.4 Å². The maximum absolute atomic E-state index is 15.4. The Morgan fingerprint density at radius 1 is 0.311 bits per heavy atom. The number of hydrogen-bond acceptors (Lipinski definition) is 27. The average Bonchev–Trinajstić information content (AvgIpc) is 1.18. The second-order valence-corrected chi connectivity index (χ2v) is 32.4. The number of benzene rings is 5. The average molecular weight is 1840 g/mol. The Kier molecular flexibility index (Phi) is 48.5. The first-order valence-corrected chi connectivity index (χ1v) is 44.6. The molecule has 5 aromatic carbocycles. The van der Waals surface area contributed by atoms with E-state index in [9.17, 15) is 88.5 Å². The third-order valence-electron chi connectivity index (χ3n) is 21.9. The third-order valence-corrected chi connectivity index (χ3v) is 21.9. The molecule has 43 heteroatoms. The van der Waals surface area contributed by atoms with E-state index in [0.717, 1.165) is 0 Å². The number of phenolic OH excluding ortho intramolecular Hbond substituents is 3. The predicted octanol–water partition coefficient (Wildman–Crippen LogP) is -3.74. The molecule has 0 saturated carbocycles. The molecule has 0 spiro atoms. The fourth-order valence-electron chi connectivity index (χ4n) is 14.1. The molecule has 0 saturated heterocycles. The lowest BCUT2D eigenvalue weighted by atomic mass is 9.80. The first-order valence-electron chi connectivity index (χ1n) is 44.6. The zero-order valence-corrected chi connectivity index (χ0v) is 74.1. The number of nitrogens with two attached hydrogens (primary N) is 6. The maximum atomic E-state index is 15.4. The molecule has 6 aromatic rings. The molecule has 1 aromatic heterocycles. The van der Waals surface area contributed by atoms with Gasteiger partial charge in [0.1, 0.15) is 71.6 Å². The molecule has 0 aliphatic heterocycles. The number of rotatable bonds is 63. The van der Waals surface area contributed by atoms with E-state index in [1.54, 1.807) is 12.1 Å². The van der Waals surface area contributed by atoms with Crippen molar-refractivity contribution in [2.24, 2.45) is 34.4 Å². The minimum absolute atomic E-state index is 0.0169. The van der Waals surface area contributed by atoms with E-state index >= 15 is 14.4 Å². The summed E-state index contributed by atoms with van der Waals surface area (Å²) in [4.78, 5) is 192. The molecular formula is C89H130B2N20O21. The van der Waals surface area contributed by atoms with E-state index in [0.29, 0.717) is 86.6 Å². The van der Waals surface area contributed by atoms with Gasteiger partial charge in [-0.2, -0.15) is 0 Å². The summed E-state index contributed by atoms with van der Waals surface area (Å²) < 4.78 is 0. The molecule has 1 heterocycles. The smallest absolute Gasteiger partial charge is 0.488 e. The van der Waals surface area contributed by atoms with Crippen LogP contribution in [-0.4, -0.2) is 254 Å². The van der Waals surface area contributed by atoms with Crippen molar-refractivity contribution < 1.29 is 103 Å². The molecule has 12 amide bonds. The minimum Gasteiger partial charge on any atom is -0.508 e. The number of aromatic hydroxyl groups is 3. The van der Waals surface area contributed by atoms with Gasteiger partial charge in [-0.1, -0.05) is 60.7 Å². The molecule has 33 N–H and O–H groups in total. The number of nitrogens with one attached hydrogen (secondary N) is 13. The summed E-state index contributed by atoms with van der Waals surface area (Å²) in [5, 5.41) is 111. The van der Waals surface area contributed by atoms with E-state index in [-0.39, 0.29) is 181 Å². The molecule has 0 bridgehead atoms. The lowest BCUT2D eigenvalue weighted by molar-refractivity contribution is -0.142. The number of nitrogens with zero attached hydrogens (tertiary/aromatic N) is 1. The van der Waals surface area contributed by atoms with Crippen molar-refractivity contribution in [2.45, 2.75) is 227 Å². The number of amides is 12. The number of carboxylic acids is 1. The van der Waals surface area contributed by atoms with Crippen molar-refractivity contribution in [3.05, 3.63) is 167 Å². The highest BCUT2D eigenvalue weighted by Crippen LogP contribution is 2.19. The van der Waals surface area contributed by atoms with Gasteiger partial charge in [0.2, 0.25) is 59.1 Å². The summed E-state index contributed by atoms with van der Waals surface area (Å²) >= 11 is 0.